The normalized spacial score (nSPS) is 18.0. The Balaban J connectivity index is 1.64. The maximum atomic E-state index is 12.6. The zero-order valence-corrected chi connectivity index (χ0v) is 14.2. The zero-order chi connectivity index (χ0) is 16.1. The molecule has 122 valence electrons. The summed E-state index contributed by atoms with van der Waals surface area (Å²) >= 11 is 1.62. The molecule has 1 atom stereocenters. The predicted octanol–water partition coefficient (Wildman–Crippen LogP) is 3.54. The van der Waals surface area contributed by atoms with E-state index < -0.39 is 0 Å². The molecule has 3 heterocycles. The molecular formula is C17H22N4OS. The third kappa shape index (κ3) is 3.88. The molecule has 0 unspecified atom stereocenters. The molecule has 6 heteroatoms. The van der Waals surface area contributed by atoms with Crippen molar-refractivity contribution >= 4 is 17.4 Å². The van der Waals surface area contributed by atoms with Gasteiger partial charge in [0.05, 0.1) is 18.3 Å². The predicted molar refractivity (Wildman–Crippen MR) is 91.3 cm³/mol. The van der Waals surface area contributed by atoms with Gasteiger partial charge in [0.15, 0.2) is 0 Å². The SMILES string of the molecule is CCc1ccnc(CNC(=O)N2CCCC[C@@H]2c2nccs2)c1. The number of pyridine rings is 1. The number of aromatic nitrogens is 2. The number of carbonyl (C=O) groups is 1. The van der Waals surface area contributed by atoms with E-state index in [1.54, 1.807) is 17.5 Å². The zero-order valence-electron chi connectivity index (χ0n) is 13.4. The Morgan fingerprint density at radius 3 is 3.09 bits per heavy atom. The summed E-state index contributed by atoms with van der Waals surface area (Å²) in [6.07, 6.45) is 7.78. The van der Waals surface area contributed by atoms with E-state index in [1.165, 1.54) is 5.56 Å². The number of likely N-dealkylation sites (tertiary alicyclic amines) is 1. The largest absolute Gasteiger partial charge is 0.332 e. The Kier molecular flexibility index (Phi) is 5.23. The van der Waals surface area contributed by atoms with Crippen LogP contribution < -0.4 is 5.32 Å². The van der Waals surface area contributed by atoms with Crippen molar-refractivity contribution in [3.8, 4) is 0 Å². The standard InChI is InChI=1S/C17H22N4OS/c1-2-13-6-7-18-14(11-13)12-20-17(22)21-9-4-3-5-15(21)16-19-8-10-23-16/h6-8,10-11,15H,2-5,9,12H2,1H3,(H,20,22)/t15-/m1/s1. The van der Waals surface area contributed by atoms with Crippen molar-refractivity contribution in [3.05, 3.63) is 46.2 Å². The molecule has 1 aliphatic heterocycles. The third-order valence-corrected chi connectivity index (χ3v) is 5.09. The lowest BCUT2D eigenvalue weighted by Gasteiger charge is -2.34. The highest BCUT2D eigenvalue weighted by Gasteiger charge is 2.29. The molecule has 1 N–H and O–H groups in total. The van der Waals surface area contributed by atoms with Gasteiger partial charge in [-0.1, -0.05) is 6.92 Å². The highest BCUT2D eigenvalue weighted by molar-refractivity contribution is 7.09. The maximum Gasteiger partial charge on any atom is 0.318 e. The smallest absolute Gasteiger partial charge is 0.318 e. The molecule has 0 aliphatic carbocycles. The van der Waals surface area contributed by atoms with E-state index in [2.05, 4.69) is 28.3 Å². The second-order valence-corrected chi connectivity index (χ2v) is 6.67. The highest BCUT2D eigenvalue weighted by Crippen LogP contribution is 2.31. The van der Waals surface area contributed by atoms with Crippen LogP contribution in [-0.2, 0) is 13.0 Å². The molecule has 1 fully saturated rings. The average Bonchev–Trinajstić information content (AvgIpc) is 3.14. The number of nitrogens with one attached hydrogen (secondary N) is 1. The van der Waals surface area contributed by atoms with Crippen molar-refractivity contribution in [3.63, 3.8) is 0 Å². The van der Waals surface area contributed by atoms with Gasteiger partial charge < -0.3 is 10.2 Å². The summed E-state index contributed by atoms with van der Waals surface area (Å²) < 4.78 is 0. The monoisotopic (exact) mass is 330 g/mol. The van der Waals surface area contributed by atoms with Gasteiger partial charge in [-0.25, -0.2) is 9.78 Å². The van der Waals surface area contributed by atoms with Crippen LogP contribution in [0.3, 0.4) is 0 Å². The summed E-state index contributed by atoms with van der Waals surface area (Å²) in [4.78, 5) is 23.2. The summed E-state index contributed by atoms with van der Waals surface area (Å²) in [7, 11) is 0. The number of piperidine rings is 1. The number of hydrogen-bond donors (Lipinski definition) is 1. The summed E-state index contributed by atoms with van der Waals surface area (Å²) in [6, 6.07) is 4.15. The maximum absolute atomic E-state index is 12.6. The van der Waals surface area contributed by atoms with Gasteiger partial charge in [0.1, 0.15) is 5.01 Å². The Hall–Kier alpha value is -1.95. The van der Waals surface area contributed by atoms with E-state index in [9.17, 15) is 4.79 Å². The highest BCUT2D eigenvalue weighted by atomic mass is 32.1. The van der Waals surface area contributed by atoms with Crippen LogP contribution >= 0.6 is 11.3 Å². The Bertz CT molecular complexity index is 644. The fraction of sp³-hybridized carbons (Fsp3) is 0.471. The van der Waals surface area contributed by atoms with Crippen molar-refractivity contribution in [1.29, 1.82) is 0 Å². The fourth-order valence-corrected chi connectivity index (χ4v) is 3.73. The van der Waals surface area contributed by atoms with Gasteiger partial charge in [-0.2, -0.15) is 0 Å². The number of amides is 2. The van der Waals surface area contributed by atoms with Crippen LogP contribution in [0, 0.1) is 0 Å². The molecule has 0 aromatic carbocycles. The molecule has 1 aliphatic rings. The van der Waals surface area contributed by atoms with Crippen molar-refractivity contribution in [2.24, 2.45) is 0 Å². The summed E-state index contributed by atoms with van der Waals surface area (Å²) in [6.45, 7) is 3.37. The first kappa shape index (κ1) is 15.9. The average molecular weight is 330 g/mol. The minimum absolute atomic E-state index is 0.0198. The molecule has 1 saturated heterocycles. The number of carbonyl (C=O) groups excluding carboxylic acids is 1. The van der Waals surface area contributed by atoms with E-state index in [0.29, 0.717) is 6.54 Å². The Morgan fingerprint density at radius 2 is 2.30 bits per heavy atom. The second kappa shape index (κ2) is 7.55. The Labute approximate surface area is 140 Å². The van der Waals surface area contributed by atoms with Crippen LogP contribution in [0.25, 0.3) is 0 Å². The number of thiazole rings is 1. The quantitative estimate of drug-likeness (QED) is 0.933. The Morgan fingerprint density at radius 1 is 1.39 bits per heavy atom. The lowest BCUT2D eigenvalue weighted by Crippen LogP contribution is -2.44. The first-order valence-electron chi connectivity index (χ1n) is 8.15. The molecular weight excluding hydrogens is 308 g/mol. The summed E-state index contributed by atoms with van der Waals surface area (Å²) in [5.41, 5.74) is 2.14. The minimum Gasteiger partial charge on any atom is -0.332 e. The van der Waals surface area contributed by atoms with Crippen molar-refractivity contribution in [1.82, 2.24) is 20.2 Å². The number of rotatable bonds is 4. The van der Waals surface area contributed by atoms with Gasteiger partial charge in [0.2, 0.25) is 0 Å². The molecule has 0 radical (unpaired) electrons. The van der Waals surface area contributed by atoms with Gasteiger partial charge in [0.25, 0.3) is 0 Å². The second-order valence-electron chi connectivity index (χ2n) is 5.74. The van der Waals surface area contributed by atoms with Crippen LogP contribution in [0.4, 0.5) is 4.79 Å². The topological polar surface area (TPSA) is 58.1 Å². The van der Waals surface area contributed by atoms with Gasteiger partial charge in [-0.15, -0.1) is 11.3 Å². The van der Waals surface area contributed by atoms with Crippen molar-refractivity contribution in [2.75, 3.05) is 6.54 Å². The van der Waals surface area contributed by atoms with E-state index in [4.69, 9.17) is 0 Å². The molecule has 0 saturated carbocycles. The summed E-state index contributed by atoms with van der Waals surface area (Å²) in [5.74, 6) is 0. The van der Waals surface area contributed by atoms with Crippen LogP contribution in [0.15, 0.2) is 29.9 Å². The minimum atomic E-state index is -0.0198. The van der Waals surface area contributed by atoms with E-state index in [1.807, 2.05) is 22.5 Å². The molecule has 5 nitrogen and oxygen atoms in total. The molecule has 2 aromatic rings. The molecule has 0 bridgehead atoms. The number of nitrogens with zero attached hydrogens (tertiary/aromatic N) is 3. The van der Waals surface area contributed by atoms with Gasteiger partial charge in [-0.05, 0) is 43.4 Å². The fourth-order valence-electron chi connectivity index (χ4n) is 2.94. The van der Waals surface area contributed by atoms with Crippen LogP contribution in [0.2, 0.25) is 0 Å². The third-order valence-electron chi connectivity index (χ3n) is 4.21. The molecule has 2 amide bonds. The van der Waals surface area contributed by atoms with Crippen LogP contribution in [0.1, 0.15) is 48.5 Å². The molecule has 23 heavy (non-hydrogen) atoms. The van der Waals surface area contributed by atoms with E-state index in [-0.39, 0.29) is 12.1 Å². The van der Waals surface area contributed by atoms with E-state index >= 15 is 0 Å². The number of urea groups is 1. The number of hydrogen-bond acceptors (Lipinski definition) is 4. The molecule has 2 aromatic heterocycles. The van der Waals surface area contributed by atoms with Crippen molar-refractivity contribution < 1.29 is 4.79 Å². The van der Waals surface area contributed by atoms with Gasteiger partial charge in [-0.3, -0.25) is 4.98 Å². The van der Waals surface area contributed by atoms with Gasteiger partial charge in [0, 0.05) is 24.3 Å². The molecule has 0 spiro atoms. The van der Waals surface area contributed by atoms with Crippen molar-refractivity contribution in [2.45, 2.75) is 45.2 Å². The first-order chi connectivity index (χ1) is 11.3. The first-order valence-corrected chi connectivity index (χ1v) is 9.03. The lowest BCUT2D eigenvalue weighted by atomic mass is 10.0. The molecule has 3 rings (SSSR count). The summed E-state index contributed by atoms with van der Waals surface area (Å²) in [5, 5.41) is 6.02. The van der Waals surface area contributed by atoms with Crippen LogP contribution in [-0.4, -0.2) is 27.4 Å². The van der Waals surface area contributed by atoms with Gasteiger partial charge >= 0.3 is 6.03 Å². The lowest BCUT2D eigenvalue weighted by molar-refractivity contribution is 0.151. The van der Waals surface area contributed by atoms with E-state index in [0.717, 1.165) is 42.9 Å². The number of aryl methyl sites for hydroxylation is 1. The van der Waals surface area contributed by atoms with Crippen LogP contribution in [0.5, 0.6) is 0 Å².